The third-order valence-corrected chi connectivity index (χ3v) is 5.55. The van der Waals surface area contributed by atoms with Crippen LogP contribution in [-0.4, -0.2) is 35.5 Å². The zero-order valence-corrected chi connectivity index (χ0v) is 10.5. The number of carboxylic acids is 1. The average molecular weight is 252 g/mol. The number of carboxylic acid groups (broad SMARTS) is 1. The molecule has 3 aliphatic heterocycles. The molecule has 2 aliphatic carbocycles. The topological polar surface area (TPSA) is 59.1 Å². The number of carbonyl (C=O) groups is 1. The van der Waals surface area contributed by atoms with E-state index in [4.69, 9.17) is 9.47 Å². The minimum absolute atomic E-state index is 0.0217. The first-order valence-electron chi connectivity index (χ1n) is 7.22. The molecule has 0 aromatic carbocycles. The number of epoxide rings is 1. The number of ether oxygens (including phenoxy) is 2. The molecule has 0 spiro atoms. The molecule has 0 amide bonds. The summed E-state index contributed by atoms with van der Waals surface area (Å²) in [7, 11) is 0. The van der Waals surface area contributed by atoms with Gasteiger partial charge in [-0.15, -0.1) is 0 Å². The van der Waals surface area contributed by atoms with Gasteiger partial charge in [0.15, 0.2) is 0 Å². The lowest BCUT2D eigenvalue weighted by Crippen LogP contribution is -2.58. The van der Waals surface area contributed by atoms with E-state index in [1.54, 1.807) is 0 Å². The Kier molecular flexibility index (Phi) is 2.31. The van der Waals surface area contributed by atoms with Crippen molar-refractivity contribution in [3.05, 3.63) is 0 Å². The molecule has 6 atom stereocenters. The largest absolute Gasteiger partial charge is 0.481 e. The van der Waals surface area contributed by atoms with Crippen LogP contribution in [0.2, 0.25) is 0 Å². The number of hydrogen-bond acceptors (Lipinski definition) is 3. The zero-order valence-electron chi connectivity index (χ0n) is 10.5. The maximum Gasteiger partial charge on any atom is 0.312 e. The summed E-state index contributed by atoms with van der Waals surface area (Å²) in [6.45, 7) is 0. The summed E-state index contributed by atoms with van der Waals surface area (Å²) in [5.74, 6) is -0.116. The molecule has 0 aromatic rings. The molecule has 2 bridgehead atoms. The van der Waals surface area contributed by atoms with Gasteiger partial charge in [-0.25, -0.2) is 0 Å². The lowest BCUT2D eigenvalue weighted by Gasteiger charge is -2.53. The van der Waals surface area contributed by atoms with Crippen molar-refractivity contribution in [2.24, 2.45) is 11.3 Å². The SMILES string of the molecule is O=C(O)C1(CC2CCC3OC3C2)CCC2CC1O2. The molecular weight excluding hydrogens is 232 g/mol. The van der Waals surface area contributed by atoms with Crippen LogP contribution in [0.25, 0.3) is 0 Å². The Bertz CT molecular complexity index is 373. The maximum absolute atomic E-state index is 11.8. The van der Waals surface area contributed by atoms with Crippen LogP contribution in [0, 0.1) is 11.3 Å². The van der Waals surface area contributed by atoms with Crippen molar-refractivity contribution in [3.8, 4) is 0 Å². The third kappa shape index (κ3) is 1.55. The quantitative estimate of drug-likeness (QED) is 0.780. The molecule has 5 rings (SSSR count). The lowest BCUT2D eigenvalue weighted by atomic mass is 9.62. The predicted octanol–water partition coefficient (Wildman–Crippen LogP) is 1.97. The van der Waals surface area contributed by atoms with Gasteiger partial charge in [-0.05, 0) is 44.4 Å². The van der Waals surface area contributed by atoms with E-state index in [1.807, 2.05) is 0 Å². The van der Waals surface area contributed by atoms with Crippen molar-refractivity contribution in [2.75, 3.05) is 0 Å². The molecule has 1 N–H and O–H groups in total. The highest BCUT2D eigenvalue weighted by atomic mass is 16.6. The van der Waals surface area contributed by atoms with Gasteiger partial charge in [0.1, 0.15) is 0 Å². The zero-order chi connectivity index (χ0) is 12.3. The van der Waals surface area contributed by atoms with Crippen molar-refractivity contribution in [1.29, 1.82) is 0 Å². The molecule has 2 saturated carbocycles. The molecule has 6 unspecified atom stereocenters. The van der Waals surface area contributed by atoms with E-state index in [-0.39, 0.29) is 6.10 Å². The molecular formula is C14H20O4. The highest BCUT2D eigenvalue weighted by molar-refractivity contribution is 5.76. The van der Waals surface area contributed by atoms with Gasteiger partial charge in [-0.3, -0.25) is 4.79 Å². The van der Waals surface area contributed by atoms with Gasteiger partial charge in [-0.2, -0.15) is 0 Å². The van der Waals surface area contributed by atoms with Crippen LogP contribution in [0.15, 0.2) is 0 Å². The molecule has 3 heterocycles. The molecule has 3 saturated heterocycles. The minimum Gasteiger partial charge on any atom is -0.481 e. The van der Waals surface area contributed by atoms with Crippen LogP contribution < -0.4 is 0 Å². The van der Waals surface area contributed by atoms with E-state index in [0.717, 1.165) is 44.9 Å². The van der Waals surface area contributed by atoms with Gasteiger partial charge in [0, 0.05) is 6.42 Å². The van der Waals surface area contributed by atoms with Gasteiger partial charge in [0.05, 0.1) is 29.8 Å². The molecule has 0 radical (unpaired) electrons. The monoisotopic (exact) mass is 252 g/mol. The van der Waals surface area contributed by atoms with Crippen LogP contribution in [0.5, 0.6) is 0 Å². The highest BCUT2D eigenvalue weighted by Crippen LogP contribution is 2.53. The fourth-order valence-electron chi connectivity index (χ4n) is 4.33. The second kappa shape index (κ2) is 3.70. The highest BCUT2D eigenvalue weighted by Gasteiger charge is 2.58. The average Bonchev–Trinajstić information content (AvgIpc) is 3.06. The fraction of sp³-hybridized carbons (Fsp3) is 0.929. The van der Waals surface area contributed by atoms with Crippen molar-refractivity contribution in [2.45, 2.75) is 69.4 Å². The Morgan fingerprint density at radius 3 is 2.61 bits per heavy atom. The Morgan fingerprint density at radius 2 is 2.00 bits per heavy atom. The van der Waals surface area contributed by atoms with Crippen molar-refractivity contribution < 1.29 is 19.4 Å². The van der Waals surface area contributed by atoms with E-state index in [2.05, 4.69) is 0 Å². The second-order valence-electron chi connectivity index (χ2n) is 6.58. The minimum atomic E-state index is -0.635. The maximum atomic E-state index is 11.8. The number of fused-ring (bicyclic) bond motifs is 3. The van der Waals surface area contributed by atoms with Crippen molar-refractivity contribution >= 4 is 5.97 Å². The summed E-state index contributed by atoms with van der Waals surface area (Å²) in [5, 5.41) is 9.68. The van der Waals surface area contributed by atoms with Gasteiger partial charge in [0.25, 0.3) is 0 Å². The summed E-state index contributed by atoms with van der Waals surface area (Å²) >= 11 is 0. The normalized spacial score (nSPS) is 53.2. The van der Waals surface area contributed by atoms with Gasteiger partial charge in [0.2, 0.25) is 0 Å². The van der Waals surface area contributed by atoms with E-state index in [0.29, 0.717) is 24.2 Å². The summed E-state index contributed by atoms with van der Waals surface area (Å²) in [5.41, 5.74) is -0.596. The van der Waals surface area contributed by atoms with Gasteiger partial charge in [-0.1, -0.05) is 0 Å². The molecule has 4 heteroatoms. The Labute approximate surface area is 107 Å². The van der Waals surface area contributed by atoms with E-state index < -0.39 is 11.4 Å². The molecule has 4 nitrogen and oxygen atoms in total. The Hall–Kier alpha value is -0.610. The molecule has 5 fully saturated rings. The lowest BCUT2D eigenvalue weighted by molar-refractivity contribution is -0.234. The number of aliphatic carboxylic acids is 1. The Morgan fingerprint density at radius 1 is 1.17 bits per heavy atom. The molecule has 0 aromatic heterocycles. The van der Waals surface area contributed by atoms with Crippen LogP contribution in [0.4, 0.5) is 0 Å². The first-order valence-corrected chi connectivity index (χ1v) is 7.22. The smallest absolute Gasteiger partial charge is 0.312 e. The summed E-state index contributed by atoms with van der Waals surface area (Å²) in [4.78, 5) is 11.8. The molecule has 5 aliphatic rings. The standard InChI is InChI=1S/C14H20O4/c15-13(16)14(4-3-9-6-12(14)17-9)7-8-1-2-10-11(5-8)18-10/h8-12H,1-7H2,(H,15,16). The molecule has 100 valence electrons. The first kappa shape index (κ1) is 11.2. The fourth-order valence-corrected chi connectivity index (χ4v) is 4.33. The van der Waals surface area contributed by atoms with Gasteiger partial charge < -0.3 is 14.6 Å². The van der Waals surface area contributed by atoms with E-state index >= 15 is 0 Å². The van der Waals surface area contributed by atoms with Crippen LogP contribution in [-0.2, 0) is 14.3 Å². The van der Waals surface area contributed by atoms with Crippen LogP contribution in [0.3, 0.4) is 0 Å². The predicted molar refractivity (Wildman–Crippen MR) is 63.2 cm³/mol. The van der Waals surface area contributed by atoms with E-state index in [1.165, 1.54) is 0 Å². The van der Waals surface area contributed by atoms with Crippen LogP contribution in [0.1, 0.15) is 44.9 Å². The second-order valence-corrected chi connectivity index (χ2v) is 6.58. The summed E-state index contributed by atoms with van der Waals surface area (Å²) in [6, 6.07) is 0. The first-order chi connectivity index (χ1) is 8.67. The summed E-state index contributed by atoms with van der Waals surface area (Å²) in [6.07, 6.45) is 8.08. The Balaban J connectivity index is 1.50. The number of rotatable bonds is 3. The van der Waals surface area contributed by atoms with Gasteiger partial charge >= 0.3 is 5.97 Å². The van der Waals surface area contributed by atoms with E-state index in [9.17, 15) is 9.90 Å². The van der Waals surface area contributed by atoms with Crippen molar-refractivity contribution in [1.82, 2.24) is 0 Å². The third-order valence-electron chi connectivity index (χ3n) is 5.55. The summed E-state index contributed by atoms with van der Waals surface area (Å²) < 4.78 is 11.3. The van der Waals surface area contributed by atoms with Crippen LogP contribution >= 0.6 is 0 Å². The van der Waals surface area contributed by atoms with Crippen molar-refractivity contribution in [3.63, 3.8) is 0 Å². The molecule has 18 heavy (non-hydrogen) atoms. The number of hydrogen-bond donors (Lipinski definition) is 1.